The Labute approximate surface area is 233 Å². The lowest BCUT2D eigenvalue weighted by Gasteiger charge is -2.30. The number of pyridine rings is 1. The molecule has 9 nitrogen and oxygen atoms in total. The molecule has 1 amide bonds. The van der Waals surface area contributed by atoms with Crippen molar-refractivity contribution in [1.29, 1.82) is 0 Å². The standard InChI is InChI=1S/C27H27Cl2FN4O5/c28-21-8-7-18(11-25(21)34(37)38)39-10-9-31-15-1-3-16(4-2-15)32-27(36)20-14-33(17-5-6-17)24-13-22(29)23(30)12-19(24)26(20)35/h7-8,11-17,31H,1-6,9-10H2,(H,32,36). The van der Waals surface area contributed by atoms with E-state index in [1.807, 2.05) is 4.57 Å². The van der Waals surface area contributed by atoms with Crippen molar-refractivity contribution in [1.82, 2.24) is 15.2 Å². The van der Waals surface area contributed by atoms with Crippen LogP contribution < -0.4 is 20.8 Å². The maximum Gasteiger partial charge on any atom is 0.291 e. The SMILES string of the molecule is O=C(NC1CCC(NCCOc2ccc(Cl)c([N+](=O)[O-])c2)CC1)c1cn(C2CC2)c2cc(Cl)c(F)cc2c1=O. The van der Waals surface area contributed by atoms with Crippen molar-refractivity contribution in [2.24, 2.45) is 0 Å². The Morgan fingerprint density at radius 1 is 1.08 bits per heavy atom. The highest BCUT2D eigenvalue weighted by Crippen LogP contribution is 2.37. The van der Waals surface area contributed by atoms with Gasteiger partial charge in [-0.25, -0.2) is 4.39 Å². The Morgan fingerprint density at radius 3 is 2.49 bits per heavy atom. The second-order valence-electron chi connectivity index (χ2n) is 9.99. The Morgan fingerprint density at radius 2 is 1.79 bits per heavy atom. The van der Waals surface area contributed by atoms with Gasteiger partial charge in [0.15, 0.2) is 0 Å². The number of aromatic nitrogens is 1. The van der Waals surface area contributed by atoms with Gasteiger partial charge >= 0.3 is 0 Å². The highest BCUT2D eigenvalue weighted by molar-refractivity contribution is 6.32. The van der Waals surface area contributed by atoms with Crippen LogP contribution >= 0.6 is 23.2 Å². The summed E-state index contributed by atoms with van der Waals surface area (Å²) in [5.41, 5.74) is -0.156. The zero-order chi connectivity index (χ0) is 27.7. The van der Waals surface area contributed by atoms with Gasteiger partial charge in [0.25, 0.3) is 11.6 Å². The highest BCUT2D eigenvalue weighted by atomic mass is 35.5. The van der Waals surface area contributed by atoms with E-state index >= 15 is 0 Å². The average Bonchev–Trinajstić information content (AvgIpc) is 3.75. The second-order valence-corrected chi connectivity index (χ2v) is 10.8. The van der Waals surface area contributed by atoms with Crippen LogP contribution in [0.1, 0.15) is 54.9 Å². The van der Waals surface area contributed by atoms with Crippen molar-refractivity contribution in [2.45, 2.75) is 56.7 Å². The van der Waals surface area contributed by atoms with Crippen LogP contribution in [0.25, 0.3) is 10.9 Å². The number of ether oxygens (including phenoxy) is 1. The zero-order valence-corrected chi connectivity index (χ0v) is 22.4. The number of carbonyl (C=O) groups excluding carboxylic acids is 1. The molecule has 2 aromatic carbocycles. The number of carbonyl (C=O) groups is 1. The van der Waals surface area contributed by atoms with Gasteiger partial charge in [0.2, 0.25) is 5.43 Å². The molecule has 12 heteroatoms. The van der Waals surface area contributed by atoms with Crippen molar-refractivity contribution >= 4 is 45.7 Å². The Kier molecular flexibility index (Phi) is 8.06. The number of rotatable bonds is 9. The quantitative estimate of drug-likeness (QED) is 0.200. The molecule has 39 heavy (non-hydrogen) atoms. The molecule has 2 aliphatic rings. The molecule has 0 bridgehead atoms. The third-order valence-electron chi connectivity index (χ3n) is 7.24. The summed E-state index contributed by atoms with van der Waals surface area (Å²) in [6.07, 6.45) is 6.56. The van der Waals surface area contributed by atoms with Crippen molar-refractivity contribution in [3.63, 3.8) is 0 Å². The van der Waals surface area contributed by atoms with Gasteiger partial charge in [-0.2, -0.15) is 0 Å². The number of nitrogens with zero attached hydrogens (tertiary/aromatic N) is 2. The first kappa shape index (κ1) is 27.4. The second kappa shape index (κ2) is 11.5. The van der Waals surface area contributed by atoms with Gasteiger partial charge < -0.3 is 19.9 Å². The first-order valence-corrected chi connectivity index (χ1v) is 13.6. The van der Waals surface area contributed by atoms with Crippen LogP contribution in [0.5, 0.6) is 5.75 Å². The van der Waals surface area contributed by atoms with Gasteiger partial charge in [0, 0.05) is 36.3 Å². The molecule has 3 aromatic rings. The van der Waals surface area contributed by atoms with Crippen LogP contribution in [0.15, 0.2) is 41.3 Å². The lowest BCUT2D eigenvalue weighted by Crippen LogP contribution is -2.44. The first-order valence-electron chi connectivity index (χ1n) is 12.9. The predicted molar refractivity (Wildman–Crippen MR) is 147 cm³/mol. The normalized spacial score (nSPS) is 19.2. The van der Waals surface area contributed by atoms with Crippen molar-refractivity contribution in [3.05, 3.63) is 78.3 Å². The Balaban J connectivity index is 1.14. The summed E-state index contributed by atoms with van der Waals surface area (Å²) in [4.78, 5) is 36.7. The van der Waals surface area contributed by atoms with Crippen LogP contribution in [-0.4, -0.2) is 40.6 Å². The summed E-state index contributed by atoms with van der Waals surface area (Å²) in [6, 6.07) is 7.22. The number of hydrogen-bond acceptors (Lipinski definition) is 6. The van der Waals surface area contributed by atoms with Gasteiger partial charge in [-0.15, -0.1) is 0 Å². The number of nitrogens with one attached hydrogen (secondary N) is 2. The first-order chi connectivity index (χ1) is 18.7. The van der Waals surface area contributed by atoms with E-state index in [2.05, 4.69) is 10.6 Å². The monoisotopic (exact) mass is 576 g/mol. The van der Waals surface area contributed by atoms with Gasteiger partial charge in [-0.1, -0.05) is 23.2 Å². The minimum Gasteiger partial charge on any atom is -0.492 e. The van der Waals surface area contributed by atoms with E-state index in [0.29, 0.717) is 24.4 Å². The predicted octanol–water partition coefficient (Wildman–Crippen LogP) is 5.40. The topological polar surface area (TPSA) is 116 Å². The summed E-state index contributed by atoms with van der Waals surface area (Å²) < 4.78 is 21.6. The molecule has 0 radical (unpaired) electrons. The lowest BCUT2D eigenvalue weighted by molar-refractivity contribution is -0.384. The zero-order valence-electron chi connectivity index (χ0n) is 20.9. The van der Waals surface area contributed by atoms with E-state index in [-0.39, 0.29) is 44.8 Å². The fourth-order valence-electron chi connectivity index (χ4n) is 5.02. The number of hydrogen-bond donors (Lipinski definition) is 2. The molecule has 206 valence electrons. The van der Waals surface area contributed by atoms with E-state index in [1.165, 1.54) is 18.2 Å². The molecule has 5 rings (SSSR count). The minimum atomic E-state index is -0.688. The molecule has 0 aliphatic heterocycles. The number of amides is 1. The number of benzene rings is 2. The Bertz CT molecular complexity index is 1490. The smallest absolute Gasteiger partial charge is 0.291 e. The van der Waals surface area contributed by atoms with Crippen molar-refractivity contribution in [3.8, 4) is 5.75 Å². The molecule has 2 N–H and O–H groups in total. The third-order valence-corrected chi connectivity index (χ3v) is 7.85. The molecule has 0 spiro atoms. The molecule has 0 saturated heterocycles. The minimum absolute atomic E-state index is 0.0101. The van der Waals surface area contributed by atoms with Crippen LogP contribution in [0.2, 0.25) is 10.0 Å². The molecule has 2 fully saturated rings. The number of nitro benzene ring substituents is 1. The summed E-state index contributed by atoms with van der Waals surface area (Å²) >= 11 is 11.8. The van der Waals surface area contributed by atoms with E-state index in [9.17, 15) is 24.1 Å². The highest BCUT2D eigenvalue weighted by Gasteiger charge is 2.29. The maximum atomic E-state index is 14.2. The molecule has 1 heterocycles. The van der Waals surface area contributed by atoms with Crippen LogP contribution in [0.4, 0.5) is 10.1 Å². The van der Waals surface area contributed by atoms with Gasteiger partial charge in [-0.05, 0) is 62.8 Å². The van der Waals surface area contributed by atoms with E-state index < -0.39 is 22.1 Å². The van der Waals surface area contributed by atoms with E-state index in [4.69, 9.17) is 27.9 Å². The lowest BCUT2D eigenvalue weighted by atomic mass is 9.91. The Hall–Kier alpha value is -3.21. The van der Waals surface area contributed by atoms with Gasteiger partial charge in [-0.3, -0.25) is 19.7 Å². The molecule has 1 aromatic heterocycles. The molecule has 2 saturated carbocycles. The van der Waals surface area contributed by atoms with Gasteiger partial charge in [0.05, 0.1) is 21.5 Å². The van der Waals surface area contributed by atoms with Crippen molar-refractivity contribution < 1.29 is 18.8 Å². The number of fused-ring (bicyclic) bond motifs is 1. The molecule has 0 atom stereocenters. The largest absolute Gasteiger partial charge is 0.492 e. The summed E-state index contributed by atoms with van der Waals surface area (Å²) in [6.45, 7) is 0.882. The number of halogens is 3. The molecule has 0 unspecified atom stereocenters. The third kappa shape index (κ3) is 6.18. The maximum absolute atomic E-state index is 14.2. The van der Waals surface area contributed by atoms with E-state index in [1.54, 1.807) is 12.3 Å². The van der Waals surface area contributed by atoms with Crippen LogP contribution in [-0.2, 0) is 0 Å². The number of nitro groups is 1. The summed E-state index contributed by atoms with van der Waals surface area (Å²) in [5.74, 6) is -0.764. The fraction of sp³-hybridized carbons (Fsp3) is 0.407. The van der Waals surface area contributed by atoms with Crippen molar-refractivity contribution in [2.75, 3.05) is 13.2 Å². The van der Waals surface area contributed by atoms with Crippen LogP contribution in [0.3, 0.4) is 0 Å². The van der Waals surface area contributed by atoms with Crippen LogP contribution in [0, 0.1) is 15.9 Å². The fourth-order valence-corrected chi connectivity index (χ4v) is 5.36. The molecular formula is C27H27Cl2FN4O5. The summed E-state index contributed by atoms with van der Waals surface area (Å²) in [7, 11) is 0. The summed E-state index contributed by atoms with van der Waals surface area (Å²) in [5, 5.41) is 17.6. The van der Waals surface area contributed by atoms with Gasteiger partial charge in [0.1, 0.15) is 28.8 Å². The molecular weight excluding hydrogens is 550 g/mol. The van der Waals surface area contributed by atoms with E-state index in [0.717, 1.165) is 44.6 Å². The average molecular weight is 577 g/mol. The molecule has 2 aliphatic carbocycles.